The first-order chi connectivity index (χ1) is 6.68. The minimum atomic E-state index is 0.444. The van der Waals surface area contributed by atoms with Gasteiger partial charge in [0.2, 0.25) is 0 Å². The van der Waals surface area contributed by atoms with Crippen LogP contribution < -0.4 is 5.73 Å². The normalized spacial score (nSPS) is 22.9. The van der Waals surface area contributed by atoms with Gasteiger partial charge < -0.3 is 5.73 Å². The van der Waals surface area contributed by atoms with E-state index in [4.69, 9.17) is 5.73 Å². The van der Waals surface area contributed by atoms with E-state index in [1.807, 2.05) is 0 Å². The maximum Gasteiger partial charge on any atom is 0.128 e. The van der Waals surface area contributed by atoms with Crippen LogP contribution in [0.4, 0.5) is 5.82 Å². The van der Waals surface area contributed by atoms with Gasteiger partial charge in [0.05, 0.1) is 0 Å². The molecule has 1 aromatic rings. The highest BCUT2D eigenvalue weighted by atomic mass is 79.9. The van der Waals surface area contributed by atoms with Gasteiger partial charge in [-0.1, -0.05) is 0 Å². The van der Waals surface area contributed by atoms with Crippen molar-refractivity contribution in [2.24, 2.45) is 0 Å². The van der Waals surface area contributed by atoms with Crippen LogP contribution in [-0.2, 0) is 0 Å². The van der Waals surface area contributed by atoms with Crippen molar-refractivity contribution in [3.05, 3.63) is 22.3 Å². The Labute approximate surface area is 92.4 Å². The molecule has 0 saturated carbocycles. The highest BCUT2D eigenvalue weighted by molar-refractivity contribution is 9.10. The van der Waals surface area contributed by atoms with Crippen molar-refractivity contribution in [3.8, 4) is 0 Å². The number of aromatic nitrogens is 1. The van der Waals surface area contributed by atoms with E-state index in [-0.39, 0.29) is 0 Å². The predicted octanol–water partition coefficient (Wildman–Crippen LogP) is 2.19. The Morgan fingerprint density at radius 3 is 3.07 bits per heavy atom. The fourth-order valence-corrected chi connectivity index (χ4v) is 2.38. The lowest BCUT2D eigenvalue weighted by atomic mass is 10.1. The van der Waals surface area contributed by atoms with Gasteiger partial charge in [-0.2, -0.15) is 0 Å². The van der Waals surface area contributed by atoms with E-state index in [0.29, 0.717) is 11.9 Å². The highest BCUT2D eigenvalue weighted by Crippen LogP contribution is 2.33. The van der Waals surface area contributed by atoms with Gasteiger partial charge in [0.1, 0.15) is 5.82 Å². The van der Waals surface area contributed by atoms with Gasteiger partial charge in [-0.25, -0.2) is 4.98 Å². The first kappa shape index (κ1) is 9.93. The molecule has 76 valence electrons. The number of nitrogen functional groups attached to an aromatic ring is 1. The van der Waals surface area contributed by atoms with Crippen molar-refractivity contribution >= 4 is 21.7 Å². The van der Waals surface area contributed by atoms with Crippen LogP contribution in [0.25, 0.3) is 0 Å². The molecular weight excluding hydrogens is 242 g/mol. The first-order valence-corrected chi connectivity index (χ1v) is 5.59. The smallest absolute Gasteiger partial charge is 0.128 e. The summed E-state index contributed by atoms with van der Waals surface area (Å²) in [6.45, 7) is 1.15. The molecule has 0 aliphatic carbocycles. The monoisotopic (exact) mass is 255 g/mol. The van der Waals surface area contributed by atoms with Gasteiger partial charge in [-0.3, -0.25) is 4.90 Å². The van der Waals surface area contributed by atoms with Crippen LogP contribution in [0.2, 0.25) is 0 Å². The summed E-state index contributed by atoms with van der Waals surface area (Å²) < 4.78 is 1.00. The lowest BCUT2D eigenvalue weighted by molar-refractivity contribution is 0.317. The van der Waals surface area contributed by atoms with Crippen molar-refractivity contribution in [2.45, 2.75) is 18.9 Å². The Hall–Kier alpha value is -0.610. The predicted molar refractivity (Wildman–Crippen MR) is 61.0 cm³/mol. The molecule has 1 fully saturated rings. The summed E-state index contributed by atoms with van der Waals surface area (Å²) >= 11 is 3.43. The lowest BCUT2D eigenvalue weighted by Crippen LogP contribution is -2.19. The Kier molecular flexibility index (Phi) is 2.74. The third-order valence-corrected chi connectivity index (χ3v) is 3.23. The van der Waals surface area contributed by atoms with Crippen molar-refractivity contribution in [1.82, 2.24) is 9.88 Å². The summed E-state index contributed by atoms with van der Waals surface area (Å²) in [5.74, 6) is 0.659. The average Bonchev–Trinajstić information content (AvgIpc) is 2.56. The minimum absolute atomic E-state index is 0.444. The topological polar surface area (TPSA) is 42.2 Å². The Balaban J connectivity index is 2.34. The Morgan fingerprint density at radius 1 is 1.64 bits per heavy atom. The van der Waals surface area contributed by atoms with E-state index in [2.05, 4.69) is 38.9 Å². The quantitative estimate of drug-likeness (QED) is 0.837. The van der Waals surface area contributed by atoms with Gasteiger partial charge in [0, 0.05) is 22.3 Å². The van der Waals surface area contributed by atoms with Gasteiger partial charge in [0.25, 0.3) is 0 Å². The summed E-state index contributed by atoms with van der Waals surface area (Å²) in [6.07, 6.45) is 4.17. The Morgan fingerprint density at radius 2 is 2.43 bits per heavy atom. The molecule has 1 aliphatic rings. The maximum absolute atomic E-state index is 5.87. The molecule has 2 heterocycles. The summed E-state index contributed by atoms with van der Waals surface area (Å²) in [5.41, 5.74) is 7.03. The molecule has 2 rings (SSSR count). The number of pyridine rings is 1. The van der Waals surface area contributed by atoms with Crippen molar-refractivity contribution in [1.29, 1.82) is 0 Å². The molecule has 0 spiro atoms. The molecule has 0 aromatic carbocycles. The molecule has 1 atom stereocenters. The number of hydrogen-bond acceptors (Lipinski definition) is 3. The van der Waals surface area contributed by atoms with Gasteiger partial charge in [-0.05, 0) is 48.4 Å². The summed E-state index contributed by atoms with van der Waals surface area (Å²) in [5, 5.41) is 0. The maximum atomic E-state index is 5.87. The van der Waals surface area contributed by atoms with Gasteiger partial charge in [-0.15, -0.1) is 0 Å². The molecule has 1 saturated heterocycles. The zero-order chi connectivity index (χ0) is 10.1. The second kappa shape index (κ2) is 3.87. The van der Waals surface area contributed by atoms with Gasteiger partial charge in [0.15, 0.2) is 0 Å². The molecule has 0 radical (unpaired) electrons. The molecule has 14 heavy (non-hydrogen) atoms. The number of likely N-dealkylation sites (tertiary alicyclic amines) is 1. The van der Waals surface area contributed by atoms with E-state index in [0.717, 1.165) is 16.6 Å². The average molecular weight is 256 g/mol. The third-order valence-electron chi connectivity index (χ3n) is 2.80. The van der Waals surface area contributed by atoms with Crippen molar-refractivity contribution in [3.63, 3.8) is 0 Å². The van der Waals surface area contributed by atoms with E-state index in [1.165, 1.54) is 12.8 Å². The number of hydrogen-bond donors (Lipinski definition) is 1. The number of anilines is 1. The van der Waals surface area contributed by atoms with Crippen LogP contribution in [0.3, 0.4) is 0 Å². The highest BCUT2D eigenvalue weighted by Gasteiger charge is 2.24. The number of nitrogens with two attached hydrogens (primary N) is 1. The van der Waals surface area contributed by atoms with Gasteiger partial charge >= 0.3 is 0 Å². The summed E-state index contributed by atoms with van der Waals surface area (Å²) in [6, 6.07) is 2.52. The standard InChI is InChI=1S/C10H14BrN3/c1-14-4-2-3-9(14)8-5-7(11)6-13-10(8)12/h5-6,9H,2-4H2,1H3,(H2,12,13)/t9-/m0/s1. The Bertz CT molecular complexity index is 340. The number of halogens is 1. The molecule has 0 bridgehead atoms. The summed E-state index contributed by atoms with van der Waals surface area (Å²) in [7, 11) is 2.14. The lowest BCUT2D eigenvalue weighted by Gasteiger charge is -2.20. The molecule has 3 nitrogen and oxygen atoms in total. The first-order valence-electron chi connectivity index (χ1n) is 4.79. The zero-order valence-electron chi connectivity index (χ0n) is 8.20. The van der Waals surface area contributed by atoms with Crippen LogP contribution in [0, 0.1) is 0 Å². The van der Waals surface area contributed by atoms with E-state index in [9.17, 15) is 0 Å². The van der Waals surface area contributed by atoms with Crippen LogP contribution >= 0.6 is 15.9 Å². The fraction of sp³-hybridized carbons (Fsp3) is 0.500. The molecule has 4 heteroatoms. The number of rotatable bonds is 1. The van der Waals surface area contributed by atoms with Crippen molar-refractivity contribution in [2.75, 3.05) is 19.3 Å². The molecular formula is C10H14BrN3. The third kappa shape index (κ3) is 1.77. The molecule has 0 amide bonds. The largest absolute Gasteiger partial charge is 0.383 e. The van der Waals surface area contributed by atoms with Crippen molar-refractivity contribution < 1.29 is 0 Å². The second-order valence-electron chi connectivity index (χ2n) is 3.77. The molecule has 1 aliphatic heterocycles. The SMILES string of the molecule is CN1CCC[C@H]1c1cc(Br)cnc1N. The van der Waals surface area contributed by atoms with Crippen LogP contribution in [0.1, 0.15) is 24.4 Å². The summed E-state index contributed by atoms with van der Waals surface area (Å²) in [4.78, 5) is 6.50. The van der Waals surface area contributed by atoms with Crippen LogP contribution in [0.15, 0.2) is 16.7 Å². The van der Waals surface area contributed by atoms with Crippen LogP contribution in [-0.4, -0.2) is 23.5 Å². The molecule has 0 unspecified atom stereocenters. The minimum Gasteiger partial charge on any atom is -0.383 e. The van der Waals surface area contributed by atoms with E-state index < -0.39 is 0 Å². The molecule has 1 aromatic heterocycles. The van der Waals surface area contributed by atoms with Crippen LogP contribution in [0.5, 0.6) is 0 Å². The van der Waals surface area contributed by atoms with E-state index >= 15 is 0 Å². The zero-order valence-corrected chi connectivity index (χ0v) is 9.79. The molecule has 2 N–H and O–H groups in total. The van der Waals surface area contributed by atoms with E-state index in [1.54, 1.807) is 6.20 Å². The second-order valence-corrected chi connectivity index (χ2v) is 4.68. The number of nitrogens with zero attached hydrogens (tertiary/aromatic N) is 2. The fourth-order valence-electron chi connectivity index (χ4n) is 2.04.